The number of aryl methyl sites for hydroxylation is 1. The molecule has 452 valence electrons. The van der Waals surface area contributed by atoms with E-state index in [1.54, 1.807) is 140 Å². The van der Waals surface area contributed by atoms with Gasteiger partial charge < -0.3 is 58.0 Å². The van der Waals surface area contributed by atoms with Crippen LogP contribution in [0.5, 0.6) is 0 Å². The summed E-state index contributed by atoms with van der Waals surface area (Å²) >= 11 is 5.90. The van der Waals surface area contributed by atoms with Gasteiger partial charge in [0.05, 0.1) is 38.9 Å². The lowest BCUT2D eigenvalue weighted by atomic mass is 9.95. The lowest BCUT2D eigenvalue weighted by molar-refractivity contribution is -0.339. The van der Waals surface area contributed by atoms with Crippen LogP contribution in [-0.4, -0.2) is 121 Å². The minimum atomic E-state index is -2.08. The third-order valence-corrected chi connectivity index (χ3v) is 14.4. The van der Waals surface area contributed by atoms with Crippen molar-refractivity contribution in [1.82, 2.24) is 5.32 Å². The number of carbonyl (C=O) groups excluding carboxylic acids is 7. The first-order valence-corrected chi connectivity index (χ1v) is 28.6. The van der Waals surface area contributed by atoms with Crippen molar-refractivity contribution in [3.05, 3.63) is 281 Å². The topological polar surface area (TPSA) is 236 Å². The van der Waals surface area contributed by atoms with Gasteiger partial charge in [-0.2, -0.15) is 0 Å². The van der Waals surface area contributed by atoms with Crippen molar-refractivity contribution in [2.24, 2.45) is 0 Å². The Morgan fingerprint density at radius 1 is 0.360 bits per heavy atom. The van der Waals surface area contributed by atoms with Gasteiger partial charge in [-0.1, -0.05) is 146 Å². The Bertz CT molecular complexity index is 3720. The average Bonchev–Trinajstić information content (AvgIpc) is 1.38. The predicted octanol–water partition coefficient (Wildman–Crippen LogP) is 9.96. The fraction of sp³-hybridized carbons (Fsp3) is 0.188. The van der Waals surface area contributed by atoms with Crippen molar-refractivity contribution in [3.63, 3.8) is 0 Å². The zero-order valence-corrected chi connectivity index (χ0v) is 48.4. The molecular formula is C69H58N2O17S. The molecule has 0 saturated carbocycles. The first-order chi connectivity index (χ1) is 43.4. The Balaban J connectivity index is 1.14. The van der Waals surface area contributed by atoms with Gasteiger partial charge in [-0.15, -0.1) is 0 Å². The van der Waals surface area contributed by atoms with Gasteiger partial charge in [-0.3, -0.25) is 0 Å². The summed E-state index contributed by atoms with van der Waals surface area (Å²) in [6, 6.07) is 62.2. The van der Waals surface area contributed by atoms with Crippen LogP contribution in [0.3, 0.4) is 0 Å². The molecule has 10 atom stereocenters. The number of thiocarbonyl (C=S) groups is 1. The zero-order chi connectivity index (χ0) is 62.1. The third kappa shape index (κ3) is 16.0. The SMILES string of the molecule is Cc1ccccc1NC(=S)N[C@@H]1O[C@H](COC(=O)c2ccccc2)[C@@H](O[C@H]2O[C@H](COC(=O)c3ccccc3)[C@@H](OC(=O)c3ccccc3)[C@H](OC(=O)c3ccccc3)[C@H]2OC(=O)c2ccccc2)[C@H](OC(=O)c2ccccc2)[C@H]1OC(=O)c1ccccc1. The van der Waals surface area contributed by atoms with Crippen LogP contribution in [0.4, 0.5) is 5.69 Å². The van der Waals surface area contributed by atoms with Crippen LogP contribution in [0.15, 0.2) is 237 Å². The number of ether oxygens (including phenoxy) is 10. The van der Waals surface area contributed by atoms with Gasteiger partial charge in [0.25, 0.3) is 0 Å². The molecule has 0 spiro atoms. The fourth-order valence-electron chi connectivity index (χ4n) is 9.73. The molecule has 0 radical (unpaired) electrons. The number of hydrogen-bond acceptors (Lipinski definition) is 18. The highest BCUT2D eigenvalue weighted by molar-refractivity contribution is 7.80. The molecule has 20 heteroatoms. The van der Waals surface area contributed by atoms with Gasteiger partial charge in [0.1, 0.15) is 31.5 Å². The van der Waals surface area contributed by atoms with Crippen LogP contribution >= 0.6 is 12.2 Å². The lowest BCUT2D eigenvalue weighted by Gasteiger charge is -2.49. The molecule has 0 aliphatic carbocycles. The van der Waals surface area contributed by atoms with Crippen LogP contribution in [0.25, 0.3) is 0 Å². The van der Waals surface area contributed by atoms with E-state index in [1.807, 2.05) is 19.1 Å². The number of benzene rings is 8. The Labute approximate surface area is 516 Å². The van der Waals surface area contributed by atoms with Crippen molar-refractivity contribution in [1.29, 1.82) is 0 Å². The van der Waals surface area contributed by atoms with Crippen LogP contribution < -0.4 is 10.6 Å². The normalized spacial score (nSPS) is 21.0. The van der Waals surface area contributed by atoms with Gasteiger partial charge in [-0.25, -0.2) is 33.6 Å². The average molecular weight is 1220 g/mol. The summed E-state index contributed by atoms with van der Waals surface area (Å²) in [4.78, 5) is 101. The summed E-state index contributed by atoms with van der Waals surface area (Å²) in [6.07, 6.45) is -18.2. The smallest absolute Gasteiger partial charge is 0.338 e. The third-order valence-electron chi connectivity index (χ3n) is 14.2. The highest BCUT2D eigenvalue weighted by Crippen LogP contribution is 2.37. The lowest BCUT2D eigenvalue weighted by Crippen LogP contribution is -2.69. The number of esters is 7. The van der Waals surface area contributed by atoms with Gasteiger partial charge in [0.2, 0.25) is 0 Å². The highest BCUT2D eigenvalue weighted by atomic mass is 32.1. The second-order valence-electron chi connectivity index (χ2n) is 20.3. The van der Waals surface area contributed by atoms with E-state index in [9.17, 15) is 33.6 Å². The number of anilines is 1. The van der Waals surface area contributed by atoms with E-state index >= 15 is 0 Å². The second kappa shape index (κ2) is 29.8. The highest BCUT2D eigenvalue weighted by Gasteiger charge is 2.58. The van der Waals surface area contributed by atoms with Crippen molar-refractivity contribution >= 4 is 64.8 Å². The Morgan fingerprint density at radius 2 is 0.663 bits per heavy atom. The zero-order valence-electron chi connectivity index (χ0n) is 47.6. The molecule has 0 amide bonds. The van der Waals surface area contributed by atoms with Gasteiger partial charge in [0, 0.05) is 5.69 Å². The maximum atomic E-state index is 14.8. The Kier molecular flexibility index (Phi) is 20.7. The molecule has 89 heavy (non-hydrogen) atoms. The molecule has 2 saturated heterocycles. The molecule has 2 aliphatic rings. The van der Waals surface area contributed by atoms with E-state index in [1.165, 1.54) is 84.9 Å². The molecule has 2 heterocycles. The monoisotopic (exact) mass is 1220 g/mol. The summed E-state index contributed by atoms with van der Waals surface area (Å²) in [5.41, 5.74) is 1.78. The number of hydrogen-bond donors (Lipinski definition) is 2. The van der Waals surface area contributed by atoms with Gasteiger partial charge >= 0.3 is 41.8 Å². The number of rotatable bonds is 20. The molecule has 2 aliphatic heterocycles. The molecule has 10 rings (SSSR count). The molecule has 0 bridgehead atoms. The van der Waals surface area contributed by atoms with E-state index in [4.69, 9.17) is 59.6 Å². The molecule has 8 aromatic rings. The fourth-order valence-corrected chi connectivity index (χ4v) is 9.96. The molecule has 8 aromatic carbocycles. The summed E-state index contributed by atoms with van der Waals surface area (Å²) in [5, 5.41) is 6.15. The maximum Gasteiger partial charge on any atom is 0.338 e. The van der Waals surface area contributed by atoms with Crippen LogP contribution in [0.2, 0.25) is 0 Å². The molecule has 2 fully saturated rings. The molecule has 2 N–H and O–H groups in total. The van der Waals surface area contributed by atoms with Crippen LogP contribution in [0.1, 0.15) is 78.1 Å². The molecular weight excluding hydrogens is 1160 g/mol. The predicted molar refractivity (Wildman–Crippen MR) is 324 cm³/mol. The van der Waals surface area contributed by atoms with Gasteiger partial charge in [-0.05, 0) is 116 Å². The van der Waals surface area contributed by atoms with Crippen molar-refractivity contribution < 1.29 is 80.9 Å². The first kappa shape index (κ1) is 61.7. The summed E-state index contributed by atoms with van der Waals surface area (Å²) in [6.45, 7) is 0.387. The second-order valence-corrected chi connectivity index (χ2v) is 20.7. The van der Waals surface area contributed by atoms with Crippen molar-refractivity contribution in [2.45, 2.75) is 68.3 Å². The van der Waals surface area contributed by atoms with Gasteiger partial charge in [0.15, 0.2) is 48.2 Å². The quantitative estimate of drug-likeness (QED) is 0.0410. The van der Waals surface area contributed by atoms with E-state index in [2.05, 4.69) is 10.6 Å². The summed E-state index contributed by atoms with van der Waals surface area (Å²) < 4.78 is 64.6. The molecule has 0 aromatic heterocycles. The van der Waals surface area contributed by atoms with E-state index < -0.39 is 116 Å². The Morgan fingerprint density at radius 3 is 1.04 bits per heavy atom. The Hall–Kier alpha value is -10.4. The van der Waals surface area contributed by atoms with E-state index in [0.29, 0.717) is 5.69 Å². The molecule has 0 unspecified atom stereocenters. The van der Waals surface area contributed by atoms with Crippen LogP contribution in [-0.2, 0) is 47.4 Å². The summed E-state index contributed by atoms with van der Waals surface area (Å²) in [7, 11) is 0. The van der Waals surface area contributed by atoms with Crippen LogP contribution in [0, 0.1) is 6.92 Å². The standard InChI is InChI=1S/C69H58N2O17S/c1-43-25-23-24-40-51(43)70-69(89)71-60-58(86-66(77)49-36-19-7-20-37-49)56(84-64(75)47-32-15-5-16-33-47)55(52(81-60)41-79-61(72)44-26-9-2-10-27-44)88-68-59(87-67(78)50-38-21-8-22-39-50)57(85-65(76)48-34-17-6-18-35-48)54(83-63(74)46-30-13-4-14-31-46)53(82-68)42-80-62(73)45-28-11-3-12-29-45/h2-40,52-60,68H,41-42H2,1H3,(H2,70,71,89)/t52-,53-,54-,55-,56+,57+,58-,59-,60-,68-/m1/s1. The number of carbonyl (C=O) groups is 7. The number of para-hydroxylation sites is 1. The largest absolute Gasteiger partial charge is 0.459 e. The number of nitrogens with one attached hydrogen (secondary N) is 2. The van der Waals surface area contributed by atoms with E-state index in [0.717, 1.165) is 5.56 Å². The minimum absolute atomic E-state index is 0.00502. The molecule has 19 nitrogen and oxygen atoms in total. The minimum Gasteiger partial charge on any atom is -0.459 e. The summed E-state index contributed by atoms with van der Waals surface area (Å²) in [5.74, 6) is -6.57. The van der Waals surface area contributed by atoms with Crippen molar-refractivity contribution in [3.8, 4) is 0 Å². The maximum absolute atomic E-state index is 14.8. The van der Waals surface area contributed by atoms with Crippen molar-refractivity contribution in [2.75, 3.05) is 18.5 Å². The van der Waals surface area contributed by atoms with E-state index in [-0.39, 0.29) is 44.1 Å². The first-order valence-electron chi connectivity index (χ1n) is 28.2.